The minimum Gasteiger partial charge on any atom is -0.364 e. The van der Waals surface area contributed by atoms with Gasteiger partial charge in [-0.3, -0.25) is 0 Å². The van der Waals surface area contributed by atoms with Crippen molar-refractivity contribution in [3.05, 3.63) is 63.0 Å². The molecule has 3 rings (SSSR count). The number of para-hydroxylation sites is 1. The van der Waals surface area contributed by atoms with Gasteiger partial charge in [0.1, 0.15) is 0 Å². The van der Waals surface area contributed by atoms with Gasteiger partial charge in [-0.25, -0.2) is 0 Å². The summed E-state index contributed by atoms with van der Waals surface area (Å²) in [4.78, 5) is 7.22. The van der Waals surface area contributed by atoms with Crippen molar-refractivity contribution in [3.63, 3.8) is 0 Å². The molecular formula is C19H20Cl2N2S. The topological polar surface area (TPSA) is 6.48 Å². The average molecular weight is 379 g/mol. The molecule has 1 aliphatic rings. The van der Waals surface area contributed by atoms with Gasteiger partial charge in [0, 0.05) is 39.5 Å². The van der Waals surface area contributed by atoms with Crippen LogP contribution in [0.15, 0.2) is 52.3 Å². The lowest BCUT2D eigenvalue weighted by Gasteiger charge is -2.33. The number of nitrogens with zero attached hydrogens (tertiary/aromatic N) is 2. The molecule has 24 heavy (non-hydrogen) atoms. The third kappa shape index (κ3) is 4.28. The van der Waals surface area contributed by atoms with Crippen molar-refractivity contribution in [1.29, 1.82) is 0 Å². The standard InChI is InChI=1S/C19H20Cl2N2S/c1-22(2)9-10-23-13-16(24-19-6-4-3-5-18(19)23)11-14-7-8-15(20)12-17(14)21/h3-8,11-12H,9-10,13H2,1-2H3/b16-11-. The summed E-state index contributed by atoms with van der Waals surface area (Å²) in [7, 11) is 4.21. The first kappa shape index (κ1) is 17.7. The van der Waals surface area contributed by atoms with Crippen molar-refractivity contribution in [1.82, 2.24) is 4.90 Å². The van der Waals surface area contributed by atoms with Crippen molar-refractivity contribution in [2.75, 3.05) is 38.6 Å². The molecule has 0 aromatic heterocycles. The second-order valence-electron chi connectivity index (χ2n) is 6.07. The predicted molar refractivity (Wildman–Crippen MR) is 108 cm³/mol. The van der Waals surface area contributed by atoms with E-state index in [1.807, 2.05) is 23.9 Å². The highest BCUT2D eigenvalue weighted by Gasteiger charge is 2.20. The third-order valence-electron chi connectivity index (χ3n) is 3.89. The molecule has 0 fully saturated rings. The minimum atomic E-state index is 0.663. The Morgan fingerprint density at radius 1 is 1.17 bits per heavy atom. The van der Waals surface area contributed by atoms with Gasteiger partial charge in [0.2, 0.25) is 0 Å². The number of rotatable bonds is 4. The zero-order chi connectivity index (χ0) is 17.1. The molecule has 0 atom stereocenters. The van der Waals surface area contributed by atoms with E-state index in [-0.39, 0.29) is 0 Å². The maximum atomic E-state index is 6.33. The molecule has 2 aromatic carbocycles. The van der Waals surface area contributed by atoms with Gasteiger partial charge >= 0.3 is 0 Å². The van der Waals surface area contributed by atoms with Crippen LogP contribution >= 0.6 is 35.0 Å². The maximum absolute atomic E-state index is 6.33. The fourth-order valence-corrected chi connectivity index (χ4v) is 4.24. The van der Waals surface area contributed by atoms with E-state index in [0.29, 0.717) is 10.0 Å². The number of fused-ring (bicyclic) bond motifs is 1. The van der Waals surface area contributed by atoms with Crippen LogP contribution in [-0.2, 0) is 0 Å². The molecule has 0 radical (unpaired) electrons. The van der Waals surface area contributed by atoms with Crippen LogP contribution in [0.3, 0.4) is 0 Å². The maximum Gasteiger partial charge on any atom is 0.0511 e. The predicted octanol–water partition coefficient (Wildman–Crippen LogP) is 5.51. The lowest BCUT2D eigenvalue weighted by atomic mass is 10.2. The van der Waals surface area contributed by atoms with Crippen LogP contribution < -0.4 is 4.90 Å². The van der Waals surface area contributed by atoms with E-state index in [1.165, 1.54) is 15.5 Å². The summed E-state index contributed by atoms with van der Waals surface area (Å²) in [6.07, 6.45) is 2.17. The largest absolute Gasteiger partial charge is 0.364 e. The Kier molecular flexibility index (Phi) is 5.77. The van der Waals surface area contributed by atoms with E-state index in [4.69, 9.17) is 23.2 Å². The first-order chi connectivity index (χ1) is 11.5. The lowest BCUT2D eigenvalue weighted by molar-refractivity contribution is 0.414. The Bertz CT molecular complexity index is 759. The van der Waals surface area contributed by atoms with Gasteiger partial charge in [0.05, 0.1) is 5.69 Å². The van der Waals surface area contributed by atoms with Gasteiger partial charge in [-0.05, 0) is 50.0 Å². The van der Waals surface area contributed by atoms with Crippen molar-refractivity contribution < 1.29 is 0 Å². The molecule has 1 heterocycles. The normalized spacial score (nSPS) is 15.9. The van der Waals surface area contributed by atoms with E-state index in [9.17, 15) is 0 Å². The molecule has 2 aromatic rings. The molecule has 0 unspecified atom stereocenters. The number of hydrogen-bond donors (Lipinski definition) is 0. The fraction of sp³-hybridized carbons (Fsp3) is 0.263. The highest BCUT2D eigenvalue weighted by molar-refractivity contribution is 8.03. The van der Waals surface area contributed by atoms with Crippen LogP contribution in [0.1, 0.15) is 5.56 Å². The van der Waals surface area contributed by atoms with Gasteiger partial charge < -0.3 is 9.80 Å². The number of thioether (sulfide) groups is 1. The van der Waals surface area contributed by atoms with Crippen LogP contribution in [0.4, 0.5) is 5.69 Å². The highest BCUT2D eigenvalue weighted by atomic mass is 35.5. The van der Waals surface area contributed by atoms with Gasteiger partial charge in [0.15, 0.2) is 0 Å². The number of likely N-dealkylation sites (N-methyl/N-ethyl adjacent to an activating group) is 1. The molecule has 0 amide bonds. The summed E-state index contributed by atoms with van der Waals surface area (Å²) in [5.74, 6) is 0. The number of hydrogen-bond acceptors (Lipinski definition) is 3. The number of benzene rings is 2. The summed E-state index contributed by atoms with van der Waals surface area (Å²) < 4.78 is 0. The average Bonchev–Trinajstić information content (AvgIpc) is 2.55. The van der Waals surface area contributed by atoms with Crippen LogP contribution in [-0.4, -0.2) is 38.6 Å². The van der Waals surface area contributed by atoms with Gasteiger partial charge in [0.25, 0.3) is 0 Å². The van der Waals surface area contributed by atoms with Gasteiger partial charge in [-0.15, -0.1) is 0 Å². The first-order valence-corrected chi connectivity index (χ1v) is 9.42. The Balaban J connectivity index is 1.89. The molecular weight excluding hydrogens is 359 g/mol. The molecule has 0 saturated carbocycles. The molecule has 126 valence electrons. The second-order valence-corrected chi connectivity index (χ2v) is 8.08. The molecule has 0 aliphatic carbocycles. The highest BCUT2D eigenvalue weighted by Crippen LogP contribution is 2.41. The second kappa shape index (κ2) is 7.83. The van der Waals surface area contributed by atoms with E-state index in [0.717, 1.165) is 25.2 Å². The van der Waals surface area contributed by atoms with Crippen molar-refractivity contribution in [2.24, 2.45) is 0 Å². The molecule has 2 nitrogen and oxygen atoms in total. The Labute approximate surface area is 158 Å². The van der Waals surface area contributed by atoms with Gasteiger partial charge in [-0.2, -0.15) is 0 Å². The molecule has 0 spiro atoms. The van der Waals surface area contributed by atoms with E-state index >= 15 is 0 Å². The zero-order valence-electron chi connectivity index (χ0n) is 13.8. The third-order valence-corrected chi connectivity index (χ3v) is 5.53. The minimum absolute atomic E-state index is 0.663. The Morgan fingerprint density at radius 3 is 2.71 bits per heavy atom. The molecule has 0 N–H and O–H groups in total. The first-order valence-electron chi connectivity index (χ1n) is 7.85. The molecule has 1 aliphatic heterocycles. The number of anilines is 1. The monoisotopic (exact) mass is 378 g/mol. The zero-order valence-corrected chi connectivity index (χ0v) is 16.1. The summed E-state index contributed by atoms with van der Waals surface area (Å²) in [5.41, 5.74) is 2.32. The van der Waals surface area contributed by atoms with Crippen LogP contribution in [0.2, 0.25) is 10.0 Å². The fourth-order valence-electron chi connectivity index (χ4n) is 2.64. The SMILES string of the molecule is CN(C)CCN1C/C(=C/c2ccc(Cl)cc2Cl)Sc2ccccc21. The van der Waals surface area contributed by atoms with Crippen molar-refractivity contribution >= 4 is 46.7 Å². The molecule has 0 bridgehead atoms. The number of halogens is 2. The summed E-state index contributed by atoms with van der Waals surface area (Å²) in [6, 6.07) is 14.2. The van der Waals surface area contributed by atoms with Gasteiger partial charge in [-0.1, -0.05) is 53.2 Å². The summed E-state index contributed by atoms with van der Waals surface area (Å²) >= 11 is 14.1. The van der Waals surface area contributed by atoms with E-state index in [1.54, 1.807) is 6.07 Å². The van der Waals surface area contributed by atoms with Crippen LogP contribution in [0.5, 0.6) is 0 Å². The molecule has 0 saturated heterocycles. The lowest BCUT2D eigenvalue weighted by Crippen LogP contribution is -2.34. The summed E-state index contributed by atoms with van der Waals surface area (Å²) in [5, 5.41) is 1.35. The quantitative estimate of drug-likeness (QED) is 0.692. The smallest absolute Gasteiger partial charge is 0.0511 e. The summed E-state index contributed by atoms with van der Waals surface area (Å²) in [6.45, 7) is 2.92. The Hall–Kier alpha value is -1.13. The van der Waals surface area contributed by atoms with E-state index < -0.39 is 0 Å². The van der Waals surface area contributed by atoms with Crippen LogP contribution in [0.25, 0.3) is 6.08 Å². The van der Waals surface area contributed by atoms with E-state index in [2.05, 4.69) is 54.2 Å². The Morgan fingerprint density at radius 2 is 1.96 bits per heavy atom. The van der Waals surface area contributed by atoms with Crippen molar-refractivity contribution in [2.45, 2.75) is 4.90 Å². The van der Waals surface area contributed by atoms with Crippen LogP contribution in [0, 0.1) is 0 Å². The van der Waals surface area contributed by atoms with Crippen molar-refractivity contribution in [3.8, 4) is 0 Å². The molecule has 5 heteroatoms.